The highest BCUT2D eigenvalue weighted by Gasteiger charge is 2.15. The maximum absolute atomic E-state index is 4.24. The Morgan fingerprint density at radius 2 is 1.93 bits per heavy atom. The van der Waals surface area contributed by atoms with E-state index in [1.54, 1.807) is 0 Å². The Hall–Kier alpha value is -1.31. The van der Waals surface area contributed by atoms with Gasteiger partial charge in [-0.1, -0.05) is 44.4 Å². The van der Waals surface area contributed by atoms with Gasteiger partial charge in [0.25, 0.3) is 0 Å². The van der Waals surface area contributed by atoms with Crippen LogP contribution in [-0.2, 0) is 0 Å². The number of rotatable bonds is 5. The summed E-state index contributed by atoms with van der Waals surface area (Å²) in [6.07, 6.45) is 6.22. The van der Waals surface area contributed by atoms with Gasteiger partial charge in [0.05, 0.1) is 11.4 Å². The van der Waals surface area contributed by atoms with E-state index in [4.69, 9.17) is 0 Å². The van der Waals surface area contributed by atoms with Crippen molar-refractivity contribution in [3.8, 4) is 0 Å². The van der Waals surface area contributed by atoms with Crippen LogP contribution in [0.1, 0.15) is 44.6 Å². The van der Waals surface area contributed by atoms with Gasteiger partial charge in [0.2, 0.25) is 0 Å². The summed E-state index contributed by atoms with van der Waals surface area (Å²) < 4.78 is 0. The fourth-order valence-corrected chi connectivity index (χ4v) is 1.88. The molecule has 0 fully saturated rings. The summed E-state index contributed by atoms with van der Waals surface area (Å²) in [5, 5.41) is 4.24. The first-order valence-electron chi connectivity index (χ1n) is 5.79. The molecule has 2 heteroatoms. The Balaban J connectivity index is 1.90. The minimum Gasteiger partial charge on any atom is -0.154 e. The topological polar surface area (TPSA) is 26.5 Å². The average Bonchev–Trinajstić information content (AvgIpc) is 2.68. The molecule has 0 unspecified atom stereocenters. The minimum absolute atomic E-state index is 1.03. The molecule has 1 aliphatic heterocycles. The van der Waals surface area contributed by atoms with Crippen molar-refractivity contribution in [2.24, 2.45) is 5.10 Å². The van der Waals surface area contributed by atoms with Gasteiger partial charge in [0.15, 0.2) is 0 Å². The number of hydrogen-bond donors (Lipinski definition) is 0. The summed E-state index contributed by atoms with van der Waals surface area (Å²) >= 11 is 0. The maximum atomic E-state index is 4.24. The molecule has 0 spiro atoms. The summed E-state index contributed by atoms with van der Waals surface area (Å²) in [6, 6.07) is 8.21. The van der Waals surface area contributed by atoms with E-state index in [1.165, 1.54) is 37.0 Å². The van der Waals surface area contributed by atoms with E-state index in [0.29, 0.717) is 0 Å². The molecular formula is C13H17N2. The van der Waals surface area contributed by atoms with Crippen molar-refractivity contribution in [2.75, 3.05) is 0 Å². The maximum Gasteiger partial charge on any atom is 0.0948 e. The summed E-state index contributed by atoms with van der Waals surface area (Å²) in [6.45, 7) is 2.23. The largest absolute Gasteiger partial charge is 0.154 e. The van der Waals surface area contributed by atoms with Gasteiger partial charge in [-0.3, -0.25) is 0 Å². The van der Waals surface area contributed by atoms with Crippen molar-refractivity contribution < 1.29 is 0 Å². The zero-order valence-corrected chi connectivity index (χ0v) is 9.24. The summed E-state index contributed by atoms with van der Waals surface area (Å²) in [4.78, 5) is 0. The van der Waals surface area contributed by atoms with Crippen LogP contribution in [0.5, 0.6) is 0 Å². The molecular weight excluding hydrogens is 184 g/mol. The molecule has 0 saturated heterocycles. The predicted octanol–water partition coefficient (Wildman–Crippen LogP) is 3.61. The minimum atomic E-state index is 1.03. The van der Waals surface area contributed by atoms with Crippen LogP contribution >= 0.6 is 0 Å². The molecule has 2 nitrogen and oxygen atoms in total. The van der Waals surface area contributed by atoms with Crippen molar-refractivity contribution in [3.63, 3.8) is 0 Å². The van der Waals surface area contributed by atoms with Crippen molar-refractivity contribution in [2.45, 2.75) is 39.0 Å². The fraction of sp³-hybridized carbons (Fsp3) is 0.462. The van der Waals surface area contributed by atoms with Crippen molar-refractivity contribution >= 4 is 11.4 Å². The van der Waals surface area contributed by atoms with E-state index >= 15 is 0 Å². The van der Waals surface area contributed by atoms with E-state index in [2.05, 4.69) is 29.6 Å². The Kier molecular flexibility index (Phi) is 3.38. The fourth-order valence-electron chi connectivity index (χ4n) is 1.88. The van der Waals surface area contributed by atoms with Crippen LogP contribution in [0.2, 0.25) is 0 Å². The molecule has 1 heterocycles. The molecule has 0 atom stereocenters. The Bertz CT molecular complexity index is 355. The Morgan fingerprint density at radius 1 is 1.07 bits per heavy atom. The zero-order chi connectivity index (χ0) is 10.5. The van der Waals surface area contributed by atoms with Crippen molar-refractivity contribution in [1.82, 2.24) is 5.43 Å². The van der Waals surface area contributed by atoms with Crippen LogP contribution in [-0.4, -0.2) is 5.71 Å². The quantitative estimate of drug-likeness (QED) is 0.651. The molecule has 0 amide bonds. The van der Waals surface area contributed by atoms with Gasteiger partial charge in [0.1, 0.15) is 0 Å². The highest BCUT2D eigenvalue weighted by atomic mass is 15.3. The zero-order valence-electron chi connectivity index (χ0n) is 9.24. The molecule has 2 rings (SSSR count). The van der Waals surface area contributed by atoms with Crippen LogP contribution in [0.4, 0.5) is 5.69 Å². The van der Waals surface area contributed by atoms with Crippen molar-refractivity contribution in [3.05, 3.63) is 29.8 Å². The molecule has 0 N–H and O–H groups in total. The van der Waals surface area contributed by atoms with Gasteiger partial charge in [0, 0.05) is 5.56 Å². The second kappa shape index (κ2) is 4.96. The van der Waals surface area contributed by atoms with Crippen LogP contribution in [0.15, 0.2) is 29.4 Å². The highest BCUT2D eigenvalue weighted by molar-refractivity contribution is 6.06. The Morgan fingerprint density at radius 3 is 2.80 bits per heavy atom. The first kappa shape index (κ1) is 10.2. The van der Waals surface area contributed by atoms with Gasteiger partial charge in [-0.15, -0.1) is 0 Å². The number of benzene rings is 1. The van der Waals surface area contributed by atoms with Gasteiger partial charge < -0.3 is 0 Å². The predicted molar refractivity (Wildman–Crippen MR) is 63.5 cm³/mol. The lowest BCUT2D eigenvalue weighted by Crippen LogP contribution is -1.96. The van der Waals surface area contributed by atoms with Crippen molar-refractivity contribution in [1.29, 1.82) is 0 Å². The van der Waals surface area contributed by atoms with E-state index in [1.807, 2.05) is 12.1 Å². The molecule has 1 aromatic carbocycles. The smallest absolute Gasteiger partial charge is 0.0948 e. The summed E-state index contributed by atoms with van der Waals surface area (Å²) in [7, 11) is 0. The first-order chi connectivity index (χ1) is 7.42. The number of hydrogen-bond acceptors (Lipinski definition) is 1. The molecule has 15 heavy (non-hydrogen) atoms. The second-order valence-electron chi connectivity index (χ2n) is 3.97. The van der Waals surface area contributed by atoms with E-state index in [0.717, 1.165) is 12.1 Å². The van der Waals surface area contributed by atoms with E-state index in [-0.39, 0.29) is 0 Å². The van der Waals surface area contributed by atoms with Crippen LogP contribution in [0, 0.1) is 0 Å². The highest BCUT2D eigenvalue weighted by Crippen LogP contribution is 2.24. The number of nitrogens with zero attached hydrogens (tertiary/aromatic N) is 2. The van der Waals surface area contributed by atoms with Gasteiger partial charge in [-0.05, 0) is 18.9 Å². The van der Waals surface area contributed by atoms with Crippen LogP contribution in [0.25, 0.3) is 0 Å². The second-order valence-corrected chi connectivity index (χ2v) is 3.97. The third kappa shape index (κ3) is 2.38. The van der Waals surface area contributed by atoms with Crippen LogP contribution in [0.3, 0.4) is 0 Å². The van der Waals surface area contributed by atoms with Crippen LogP contribution < -0.4 is 5.43 Å². The number of unbranched alkanes of at least 4 members (excludes halogenated alkanes) is 3. The third-order valence-electron chi connectivity index (χ3n) is 2.76. The third-order valence-corrected chi connectivity index (χ3v) is 2.76. The normalized spacial score (nSPS) is 13.3. The summed E-state index contributed by atoms with van der Waals surface area (Å²) in [5.41, 5.74) is 7.60. The SMILES string of the molecule is CCCCCCC1=N[N]c2ccccc21. The summed E-state index contributed by atoms with van der Waals surface area (Å²) in [5.74, 6) is 0. The molecule has 1 aliphatic rings. The van der Waals surface area contributed by atoms with Gasteiger partial charge >= 0.3 is 0 Å². The molecule has 0 aromatic heterocycles. The lowest BCUT2D eigenvalue weighted by Gasteiger charge is -2.00. The Labute approximate surface area is 91.4 Å². The standard InChI is InChI=1S/C13H17N2/c1-2-3-4-5-9-12-11-8-6-7-10-13(11)15-14-12/h6-8,10H,2-5,9H2,1H3. The lowest BCUT2D eigenvalue weighted by molar-refractivity contribution is 0.682. The lowest BCUT2D eigenvalue weighted by atomic mass is 10.0. The molecule has 0 bridgehead atoms. The molecule has 79 valence electrons. The monoisotopic (exact) mass is 201 g/mol. The average molecular weight is 201 g/mol. The molecule has 0 saturated carbocycles. The van der Waals surface area contributed by atoms with Gasteiger partial charge in [-0.2, -0.15) is 10.5 Å². The molecule has 1 aromatic rings. The van der Waals surface area contributed by atoms with Gasteiger partial charge in [-0.25, -0.2) is 0 Å². The molecule has 0 aliphatic carbocycles. The molecule has 1 radical (unpaired) electrons. The van der Waals surface area contributed by atoms with E-state index < -0.39 is 0 Å². The number of fused-ring (bicyclic) bond motifs is 1. The van der Waals surface area contributed by atoms with E-state index in [9.17, 15) is 0 Å². The first-order valence-corrected chi connectivity index (χ1v) is 5.79.